The Bertz CT molecular complexity index is 1310. The smallest absolute Gasteiger partial charge is 0.268 e. The van der Waals surface area contributed by atoms with E-state index in [1.165, 1.54) is 22.9 Å². The Morgan fingerprint density at radius 1 is 1.21 bits per heavy atom. The topological polar surface area (TPSA) is 112 Å². The predicted molar refractivity (Wildman–Crippen MR) is 135 cm³/mol. The molecule has 1 saturated heterocycles. The molecule has 1 fully saturated rings. The number of fused-ring (bicyclic) bond motifs is 1. The number of aromatic nitrogens is 3. The highest BCUT2D eigenvalue weighted by Crippen LogP contribution is 2.51. The number of halogens is 1. The van der Waals surface area contributed by atoms with E-state index in [4.69, 9.17) is 27.8 Å². The van der Waals surface area contributed by atoms with E-state index in [-0.39, 0.29) is 22.8 Å². The fraction of sp³-hybridized carbons (Fsp3) is 0.375. The van der Waals surface area contributed by atoms with Crippen LogP contribution in [0.5, 0.6) is 5.75 Å². The summed E-state index contributed by atoms with van der Waals surface area (Å²) in [5.41, 5.74) is 14.9. The van der Waals surface area contributed by atoms with Gasteiger partial charge in [-0.15, -0.1) is 0 Å². The molecule has 0 radical (unpaired) electrons. The average Bonchev–Trinajstić information content (AvgIpc) is 3.11. The third kappa shape index (κ3) is 3.81. The molecule has 1 aromatic carbocycles. The standard InChI is InChI=1S/C24H27ClN6O2S/c1-30-22(32)18(34-17-5-8-28-21(27)19(17)25)13-29-23(30)31-9-6-24(7-10-31)12-14-3-4-15(33-2)11-16(14)20(24)26/h3-5,8,11,13,20H,6-7,9-10,12,26H2,1-2H3,(H2,27,28)/t20-/m1/s1. The molecule has 0 saturated carbocycles. The van der Waals surface area contributed by atoms with Crippen molar-refractivity contribution >= 4 is 35.1 Å². The van der Waals surface area contributed by atoms with Crippen LogP contribution in [-0.4, -0.2) is 34.7 Å². The van der Waals surface area contributed by atoms with Crippen LogP contribution in [0.15, 0.2) is 51.2 Å². The van der Waals surface area contributed by atoms with Crippen molar-refractivity contribution < 1.29 is 4.74 Å². The molecule has 178 valence electrons. The summed E-state index contributed by atoms with van der Waals surface area (Å²) < 4.78 is 7.00. The molecule has 34 heavy (non-hydrogen) atoms. The number of anilines is 2. The Morgan fingerprint density at radius 3 is 2.71 bits per heavy atom. The van der Waals surface area contributed by atoms with E-state index in [9.17, 15) is 4.79 Å². The molecular formula is C24H27ClN6O2S. The summed E-state index contributed by atoms with van der Waals surface area (Å²) >= 11 is 7.49. The van der Waals surface area contributed by atoms with E-state index in [1.54, 1.807) is 37.2 Å². The van der Waals surface area contributed by atoms with Gasteiger partial charge in [-0.1, -0.05) is 29.4 Å². The van der Waals surface area contributed by atoms with Gasteiger partial charge in [0.15, 0.2) is 0 Å². The zero-order valence-corrected chi connectivity index (χ0v) is 20.7. The van der Waals surface area contributed by atoms with Crippen LogP contribution in [0.1, 0.15) is 30.0 Å². The molecule has 0 unspecified atom stereocenters. The summed E-state index contributed by atoms with van der Waals surface area (Å²) in [7, 11) is 3.43. The first-order valence-electron chi connectivity index (χ1n) is 11.1. The van der Waals surface area contributed by atoms with Crippen LogP contribution in [0.3, 0.4) is 0 Å². The minimum Gasteiger partial charge on any atom is -0.497 e. The number of nitrogens with zero attached hydrogens (tertiary/aromatic N) is 4. The van der Waals surface area contributed by atoms with Gasteiger partial charge in [-0.25, -0.2) is 9.97 Å². The van der Waals surface area contributed by atoms with Crippen molar-refractivity contribution in [1.29, 1.82) is 0 Å². The molecule has 8 nitrogen and oxygen atoms in total. The highest BCUT2D eigenvalue weighted by Gasteiger charge is 2.46. The monoisotopic (exact) mass is 498 g/mol. The predicted octanol–water partition coefficient (Wildman–Crippen LogP) is 3.41. The van der Waals surface area contributed by atoms with Gasteiger partial charge in [0.2, 0.25) is 5.95 Å². The summed E-state index contributed by atoms with van der Waals surface area (Å²) in [6.45, 7) is 1.58. The minimum atomic E-state index is -0.126. The van der Waals surface area contributed by atoms with Gasteiger partial charge in [-0.05, 0) is 54.0 Å². The van der Waals surface area contributed by atoms with Crippen molar-refractivity contribution in [2.24, 2.45) is 18.2 Å². The molecule has 2 aliphatic rings. The molecule has 1 aliphatic heterocycles. The van der Waals surface area contributed by atoms with E-state index in [1.807, 2.05) is 6.07 Å². The lowest BCUT2D eigenvalue weighted by Crippen LogP contribution is -2.46. The zero-order valence-electron chi connectivity index (χ0n) is 19.1. The summed E-state index contributed by atoms with van der Waals surface area (Å²) in [4.78, 5) is 25.0. The molecule has 1 atom stereocenters. The number of benzene rings is 1. The van der Waals surface area contributed by atoms with E-state index in [0.717, 1.165) is 38.1 Å². The molecule has 0 bridgehead atoms. The molecule has 4 N–H and O–H groups in total. The Morgan fingerprint density at radius 2 is 1.97 bits per heavy atom. The number of nitrogens with two attached hydrogens (primary N) is 2. The number of rotatable bonds is 4. The van der Waals surface area contributed by atoms with Gasteiger partial charge in [0.1, 0.15) is 11.6 Å². The van der Waals surface area contributed by atoms with E-state index in [0.29, 0.717) is 20.8 Å². The van der Waals surface area contributed by atoms with Crippen LogP contribution in [0, 0.1) is 5.41 Å². The van der Waals surface area contributed by atoms with Crippen LogP contribution in [-0.2, 0) is 13.5 Å². The van der Waals surface area contributed by atoms with Gasteiger partial charge in [0, 0.05) is 37.3 Å². The largest absolute Gasteiger partial charge is 0.497 e. The van der Waals surface area contributed by atoms with Crippen molar-refractivity contribution in [1.82, 2.24) is 14.5 Å². The summed E-state index contributed by atoms with van der Waals surface area (Å²) in [6, 6.07) is 7.93. The zero-order chi connectivity index (χ0) is 24.0. The maximum Gasteiger partial charge on any atom is 0.268 e. The first kappa shape index (κ1) is 23.0. The second-order valence-corrected chi connectivity index (χ2v) is 10.4. The Kier molecular flexibility index (Phi) is 5.95. The van der Waals surface area contributed by atoms with Crippen molar-refractivity contribution in [3.8, 4) is 5.75 Å². The average molecular weight is 499 g/mol. The lowest BCUT2D eigenvalue weighted by atomic mass is 9.73. The lowest BCUT2D eigenvalue weighted by molar-refractivity contribution is 0.186. The molecule has 3 heterocycles. The number of ether oxygens (including phenoxy) is 1. The van der Waals surface area contributed by atoms with Crippen LogP contribution in [0.4, 0.5) is 11.8 Å². The SMILES string of the molecule is COc1ccc2c(c1)[C@@H](N)C1(CCN(c3ncc(Sc4ccnc(N)c4Cl)c(=O)n3C)CC1)C2. The van der Waals surface area contributed by atoms with Crippen molar-refractivity contribution in [2.75, 3.05) is 30.8 Å². The maximum atomic E-state index is 13.1. The summed E-state index contributed by atoms with van der Waals surface area (Å²) in [6.07, 6.45) is 6.02. The Hall–Kier alpha value is -2.75. The molecule has 2 aromatic heterocycles. The maximum absolute atomic E-state index is 13.1. The van der Waals surface area contributed by atoms with Crippen LogP contribution < -0.4 is 26.7 Å². The number of methoxy groups -OCH3 is 1. The first-order chi connectivity index (χ1) is 16.3. The van der Waals surface area contributed by atoms with Gasteiger partial charge in [0.25, 0.3) is 5.56 Å². The van der Waals surface area contributed by atoms with Gasteiger partial charge >= 0.3 is 0 Å². The Labute approximate surface area is 207 Å². The van der Waals surface area contributed by atoms with Crippen molar-refractivity contribution in [3.63, 3.8) is 0 Å². The van der Waals surface area contributed by atoms with E-state index >= 15 is 0 Å². The van der Waals surface area contributed by atoms with Gasteiger partial charge in [0.05, 0.1) is 23.2 Å². The summed E-state index contributed by atoms with van der Waals surface area (Å²) in [5, 5.41) is 0.339. The normalized spacial score (nSPS) is 18.8. The first-order valence-corrected chi connectivity index (χ1v) is 12.3. The highest BCUT2D eigenvalue weighted by molar-refractivity contribution is 7.99. The Balaban J connectivity index is 1.33. The lowest BCUT2D eigenvalue weighted by Gasteiger charge is -2.42. The van der Waals surface area contributed by atoms with Crippen molar-refractivity contribution in [3.05, 3.63) is 63.2 Å². The molecule has 0 amide bonds. The fourth-order valence-corrected chi connectivity index (χ4v) is 6.24. The van der Waals surface area contributed by atoms with Gasteiger partial charge in [-0.3, -0.25) is 9.36 Å². The number of nitrogen functional groups attached to an aromatic ring is 1. The number of piperidine rings is 1. The number of pyridine rings is 1. The quantitative estimate of drug-likeness (QED) is 0.562. The fourth-order valence-electron chi connectivity index (χ4n) is 5.13. The van der Waals surface area contributed by atoms with E-state index in [2.05, 4.69) is 27.0 Å². The second kappa shape index (κ2) is 8.79. The van der Waals surface area contributed by atoms with Crippen LogP contribution in [0.2, 0.25) is 5.02 Å². The minimum absolute atomic E-state index is 0.0205. The third-order valence-electron chi connectivity index (χ3n) is 7.15. The second-order valence-electron chi connectivity index (χ2n) is 8.97. The molecule has 3 aromatic rings. The molecule has 10 heteroatoms. The van der Waals surface area contributed by atoms with Crippen LogP contribution in [0.25, 0.3) is 0 Å². The van der Waals surface area contributed by atoms with Crippen LogP contribution >= 0.6 is 23.4 Å². The molecule has 1 aliphatic carbocycles. The number of hydrogen-bond donors (Lipinski definition) is 2. The molecule has 5 rings (SSSR count). The molecule has 1 spiro atoms. The highest BCUT2D eigenvalue weighted by atomic mass is 35.5. The number of hydrogen-bond acceptors (Lipinski definition) is 8. The molecular weight excluding hydrogens is 472 g/mol. The van der Waals surface area contributed by atoms with Gasteiger partial charge < -0.3 is 21.1 Å². The third-order valence-corrected chi connectivity index (χ3v) is 8.72. The summed E-state index contributed by atoms with van der Waals surface area (Å²) in [5.74, 6) is 1.74. The van der Waals surface area contributed by atoms with E-state index < -0.39 is 0 Å². The van der Waals surface area contributed by atoms with Crippen molar-refractivity contribution in [2.45, 2.75) is 35.1 Å². The van der Waals surface area contributed by atoms with Gasteiger partial charge in [-0.2, -0.15) is 0 Å².